The van der Waals surface area contributed by atoms with Gasteiger partial charge in [0, 0.05) is 6.42 Å². The predicted octanol–water partition coefficient (Wildman–Crippen LogP) is 0.535. The minimum atomic E-state index is -0.320. The minimum absolute atomic E-state index is 0.130. The van der Waals surface area contributed by atoms with Crippen LogP contribution >= 0.6 is 0 Å². The van der Waals surface area contributed by atoms with Gasteiger partial charge in [0.15, 0.2) is 0 Å². The number of amidine groups is 1. The van der Waals surface area contributed by atoms with Gasteiger partial charge in [0.25, 0.3) is 5.88 Å². The lowest BCUT2D eigenvalue weighted by Crippen LogP contribution is -2.38. The van der Waals surface area contributed by atoms with Crippen molar-refractivity contribution in [2.24, 2.45) is 4.99 Å². The van der Waals surface area contributed by atoms with Crippen LogP contribution in [0.2, 0.25) is 0 Å². The molecule has 0 bridgehead atoms. The third kappa shape index (κ3) is 1.47. The highest BCUT2D eigenvalue weighted by Gasteiger charge is 2.25. The first-order valence-corrected chi connectivity index (χ1v) is 4.37. The first-order valence-electron chi connectivity index (χ1n) is 4.37. The summed E-state index contributed by atoms with van der Waals surface area (Å²) >= 11 is 0. The van der Waals surface area contributed by atoms with Gasteiger partial charge in [-0.3, -0.25) is 0 Å². The Morgan fingerprint density at radius 1 is 1.46 bits per heavy atom. The Kier molecular flexibility index (Phi) is 2.10. The van der Waals surface area contributed by atoms with E-state index in [2.05, 4.69) is 4.99 Å². The molecule has 0 amide bonds. The Morgan fingerprint density at radius 2 is 2.31 bits per heavy atom. The zero-order valence-electron chi connectivity index (χ0n) is 7.23. The lowest BCUT2D eigenvalue weighted by atomic mass is 10.1. The maximum absolute atomic E-state index is 9.29. The van der Waals surface area contributed by atoms with Crippen LogP contribution in [0, 0.1) is 0 Å². The molecule has 1 saturated heterocycles. The van der Waals surface area contributed by atoms with E-state index in [1.165, 1.54) is 0 Å². The molecule has 13 heavy (non-hydrogen) atoms. The zero-order chi connectivity index (χ0) is 9.26. The predicted molar refractivity (Wildman–Crippen MR) is 45.8 cm³/mol. The Morgan fingerprint density at radius 3 is 3.08 bits per heavy atom. The van der Waals surface area contributed by atoms with Crippen LogP contribution < -0.4 is 0 Å². The normalized spacial score (nSPS) is 22.2. The highest BCUT2D eigenvalue weighted by atomic mass is 16.7. The Bertz CT molecular complexity index is 273. The number of hydrogen-bond donors (Lipinski definition) is 2. The van der Waals surface area contributed by atoms with Gasteiger partial charge >= 0.3 is 0 Å². The fraction of sp³-hybridized carbons (Fsp3) is 0.625. The van der Waals surface area contributed by atoms with Crippen LogP contribution in [0.25, 0.3) is 0 Å². The molecule has 0 saturated carbocycles. The molecule has 5 heteroatoms. The Hall–Kier alpha value is -1.23. The van der Waals surface area contributed by atoms with E-state index in [4.69, 9.17) is 9.94 Å². The molecular weight excluding hydrogens is 172 g/mol. The Labute approximate surface area is 75.9 Å². The van der Waals surface area contributed by atoms with Crippen LogP contribution in [0.3, 0.4) is 0 Å². The molecule has 72 valence electrons. The summed E-state index contributed by atoms with van der Waals surface area (Å²) in [6.45, 7) is 0.453. The van der Waals surface area contributed by atoms with Crippen LogP contribution in [0.5, 0.6) is 0 Å². The summed E-state index contributed by atoms with van der Waals surface area (Å²) in [5, 5.41) is 19.7. The molecule has 0 aromatic heterocycles. The van der Waals surface area contributed by atoms with E-state index in [1.807, 2.05) is 0 Å². The van der Waals surface area contributed by atoms with Gasteiger partial charge in [-0.05, 0) is 12.8 Å². The number of aliphatic imine (C=N–C) groups is 1. The van der Waals surface area contributed by atoms with Gasteiger partial charge in [-0.15, -0.1) is 0 Å². The van der Waals surface area contributed by atoms with Crippen molar-refractivity contribution in [3.8, 4) is 0 Å². The largest absolute Gasteiger partial charge is 0.491 e. The van der Waals surface area contributed by atoms with Crippen LogP contribution in [-0.2, 0) is 4.84 Å². The number of hydrogen-bond acceptors (Lipinski definition) is 5. The molecule has 0 unspecified atom stereocenters. The summed E-state index contributed by atoms with van der Waals surface area (Å²) in [6.07, 6.45) is 2.95. The summed E-state index contributed by atoms with van der Waals surface area (Å²) in [4.78, 5) is 9.18. The summed E-state index contributed by atoms with van der Waals surface area (Å²) < 4.78 is 0. The molecule has 0 radical (unpaired) electrons. The third-order valence-electron chi connectivity index (χ3n) is 2.15. The SMILES string of the molecule is OCC1=C(O)N=C2CCCCN2O1. The molecule has 0 aromatic rings. The number of aliphatic hydroxyl groups is 2. The molecule has 2 rings (SSSR count). The number of piperidine rings is 1. The van der Waals surface area contributed by atoms with E-state index in [-0.39, 0.29) is 18.2 Å². The van der Waals surface area contributed by atoms with Crippen LogP contribution in [0.4, 0.5) is 0 Å². The molecule has 0 aromatic carbocycles. The van der Waals surface area contributed by atoms with Crippen LogP contribution in [0.15, 0.2) is 16.6 Å². The molecular formula is C8H12N2O3. The number of nitrogens with zero attached hydrogens (tertiary/aromatic N) is 2. The van der Waals surface area contributed by atoms with E-state index in [1.54, 1.807) is 5.06 Å². The minimum Gasteiger partial charge on any atom is -0.491 e. The van der Waals surface area contributed by atoms with Gasteiger partial charge in [0.05, 0.1) is 6.54 Å². The number of fused-ring (bicyclic) bond motifs is 1. The van der Waals surface area contributed by atoms with Crippen molar-refractivity contribution in [1.82, 2.24) is 5.06 Å². The fourth-order valence-corrected chi connectivity index (χ4v) is 1.46. The average Bonchev–Trinajstić information content (AvgIpc) is 2.17. The molecule has 0 spiro atoms. The van der Waals surface area contributed by atoms with Gasteiger partial charge in [-0.25, -0.2) is 0 Å². The maximum atomic E-state index is 9.29. The lowest BCUT2D eigenvalue weighted by molar-refractivity contribution is -0.0830. The standard InChI is InChI=1S/C8H12N2O3/c11-5-6-8(12)9-7-3-1-2-4-10(7)13-6/h11-12H,1-5H2. The van der Waals surface area contributed by atoms with Crippen molar-refractivity contribution in [1.29, 1.82) is 0 Å². The van der Waals surface area contributed by atoms with E-state index < -0.39 is 0 Å². The average molecular weight is 184 g/mol. The van der Waals surface area contributed by atoms with Crippen LogP contribution in [-0.4, -0.2) is 34.3 Å². The van der Waals surface area contributed by atoms with Crippen molar-refractivity contribution >= 4 is 5.84 Å². The molecule has 2 N–H and O–H groups in total. The lowest BCUT2D eigenvalue weighted by Gasteiger charge is -2.32. The van der Waals surface area contributed by atoms with E-state index in [0.29, 0.717) is 0 Å². The summed E-state index contributed by atoms with van der Waals surface area (Å²) in [7, 11) is 0. The molecule has 2 heterocycles. The molecule has 1 fully saturated rings. The molecule has 5 nitrogen and oxygen atoms in total. The van der Waals surface area contributed by atoms with E-state index in [0.717, 1.165) is 31.6 Å². The van der Waals surface area contributed by atoms with Gasteiger partial charge in [0.1, 0.15) is 12.4 Å². The monoisotopic (exact) mass is 184 g/mol. The number of rotatable bonds is 1. The van der Waals surface area contributed by atoms with Crippen molar-refractivity contribution < 1.29 is 15.1 Å². The van der Waals surface area contributed by atoms with E-state index >= 15 is 0 Å². The highest BCUT2D eigenvalue weighted by molar-refractivity contribution is 5.83. The van der Waals surface area contributed by atoms with Gasteiger partial charge in [0.2, 0.25) is 5.76 Å². The second kappa shape index (κ2) is 3.26. The number of hydroxylamine groups is 2. The second-order valence-electron chi connectivity index (χ2n) is 3.08. The first-order chi connectivity index (χ1) is 6.31. The molecule has 0 atom stereocenters. The van der Waals surface area contributed by atoms with Crippen LogP contribution in [0.1, 0.15) is 19.3 Å². The van der Waals surface area contributed by atoms with Crippen molar-refractivity contribution in [2.75, 3.05) is 13.2 Å². The smallest absolute Gasteiger partial charge is 0.257 e. The Balaban J connectivity index is 2.21. The number of aliphatic hydroxyl groups excluding tert-OH is 2. The topological polar surface area (TPSA) is 65.3 Å². The first kappa shape index (κ1) is 8.37. The zero-order valence-corrected chi connectivity index (χ0v) is 7.23. The van der Waals surface area contributed by atoms with Crippen molar-refractivity contribution in [3.05, 3.63) is 11.6 Å². The van der Waals surface area contributed by atoms with Crippen molar-refractivity contribution in [3.63, 3.8) is 0 Å². The summed E-state index contributed by atoms with van der Waals surface area (Å²) in [5.74, 6) is 0.683. The van der Waals surface area contributed by atoms with Gasteiger partial charge in [-0.2, -0.15) is 10.1 Å². The quantitative estimate of drug-likeness (QED) is 0.624. The fourth-order valence-electron chi connectivity index (χ4n) is 1.46. The van der Waals surface area contributed by atoms with E-state index in [9.17, 15) is 5.11 Å². The third-order valence-corrected chi connectivity index (χ3v) is 2.15. The summed E-state index contributed by atoms with van der Waals surface area (Å²) in [6, 6.07) is 0. The van der Waals surface area contributed by atoms with Crippen molar-refractivity contribution in [2.45, 2.75) is 19.3 Å². The molecule has 2 aliphatic rings. The highest BCUT2D eigenvalue weighted by Crippen LogP contribution is 2.21. The van der Waals surface area contributed by atoms with Gasteiger partial charge < -0.3 is 15.1 Å². The maximum Gasteiger partial charge on any atom is 0.257 e. The molecule has 2 aliphatic heterocycles. The summed E-state index contributed by atoms with van der Waals surface area (Å²) in [5.41, 5.74) is 0. The second-order valence-corrected chi connectivity index (χ2v) is 3.08. The molecule has 0 aliphatic carbocycles. The van der Waals surface area contributed by atoms with Gasteiger partial charge in [-0.1, -0.05) is 0 Å².